The van der Waals surface area contributed by atoms with E-state index in [1.54, 1.807) is 36.2 Å². The van der Waals surface area contributed by atoms with Gasteiger partial charge in [-0.2, -0.15) is 5.10 Å². The number of hydrogen-bond acceptors (Lipinski definition) is 4. The molecule has 3 heterocycles. The minimum Gasteiger partial charge on any atom is -0.346 e. The van der Waals surface area contributed by atoms with E-state index >= 15 is 0 Å². The van der Waals surface area contributed by atoms with Crippen LogP contribution in [0.25, 0.3) is 0 Å². The Morgan fingerprint density at radius 3 is 2.70 bits per heavy atom. The predicted molar refractivity (Wildman–Crippen MR) is 99.3 cm³/mol. The first-order chi connectivity index (χ1) is 12.9. The van der Waals surface area contributed by atoms with Gasteiger partial charge in [0, 0.05) is 45.0 Å². The molecule has 0 fully saturated rings. The van der Waals surface area contributed by atoms with E-state index < -0.39 is 0 Å². The fourth-order valence-corrected chi connectivity index (χ4v) is 3.04. The van der Waals surface area contributed by atoms with Gasteiger partial charge in [0.05, 0.1) is 31.0 Å². The number of carbonyl (C=O) groups excluding carboxylic acids is 2. The number of urea groups is 1. The zero-order chi connectivity index (χ0) is 19.6. The van der Waals surface area contributed by atoms with Crippen LogP contribution in [0.4, 0.5) is 4.79 Å². The van der Waals surface area contributed by atoms with Crippen molar-refractivity contribution in [2.45, 2.75) is 33.1 Å². The lowest BCUT2D eigenvalue weighted by atomic mass is 10.2. The lowest BCUT2D eigenvalue weighted by Gasteiger charge is -2.29. The summed E-state index contributed by atoms with van der Waals surface area (Å²) < 4.78 is 3.39. The van der Waals surface area contributed by atoms with Gasteiger partial charge in [-0.3, -0.25) is 14.3 Å². The van der Waals surface area contributed by atoms with Crippen LogP contribution >= 0.6 is 0 Å². The molecule has 27 heavy (non-hydrogen) atoms. The molecule has 0 radical (unpaired) electrons. The standard InChI is InChI=1S/C18H24N6O3/c1-4-22-6-5-13(9-16(22)25)17(26)19-11-14-10-15-12-23(18(27)21(2)3)7-8-24(15)20-14/h5-6,9-10H,4,7-8,11-12H2,1-3H3,(H,19,26). The number of hydrogen-bond donors (Lipinski definition) is 1. The summed E-state index contributed by atoms with van der Waals surface area (Å²) in [4.78, 5) is 39.5. The summed E-state index contributed by atoms with van der Waals surface area (Å²) >= 11 is 0. The Balaban J connectivity index is 1.63. The number of aryl methyl sites for hydroxylation is 1. The molecular weight excluding hydrogens is 348 g/mol. The van der Waals surface area contributed by atoms with E-state index in [4.69, 9.17) is 0 Å². The first-order valence-corrected chi connectivity index (χ1v) is 8.89. The molecule has 3 rings (SSSR count). The minimum atomic E-state index is -0.314. The Morgan fingerprint density at radius 2 is 2.04 bits per heavy atom. The molecule has 9 nitrogen and oxygen atoms in total. The van der Waals surface area contributed by atoms with Crippen LogP contribution < -0.4 is 10.9 Å². The summed E-state index contributed by atoms with van der Waals surface area (Å²) in [6, 6.07) is 4.83. The number of nitrogens with zero attached hydrogens (tertiary/aromatic N) is 5. The predicted octanol–water partition coefficient (Wildman–Crippen LogP) is 0.492. The maximum Gasteiger partial charge on any atom is 0.319 e. The van der Waals surface area contributed by atoms with E-state index in [9.17, 15) is 14.4 Å². The highest BCUT2D eigenvalue weighted by Gasteiger charge is 2.23. The van der Waals surface area contributed by atoms with Gasteiger partial charge in [-0.05, 0) is 19.1 Å². The molecule has 0 atom stereocenters. The van der Waals surface area contributed by atoms with Crippen LogP contribution in [0.5, 0.6) is 0 Å². The molecule has 144 valence electrons. The van der Waals surface area contributed by atoms with E-state index in [1.807, 2.05) is 17.7 Å². The second-order valence-electron chi connectivity index (χ2n) is 6.67. The molecule has 0 bridgehead atoms. The van der Waals surface area contributed by atoms with Gasteiger partial charge in [-0.25, -0.2) is 4.79 Å². The number of fused-ring (bicyclic) bond motifs is 1. The van der Waals surface area contributed by atoms with Crippen molar-refractivity contribution in [1.82, 2.24) is 29.5 Å². The highest BCUT2D eigenvalue weighted by atomic mass is 16.2. The topological polar surface area (TPSA) is 92.5 Å². The molecule has 0 saturated heterocycles. The summed E-state index contributed by atoms with van der Waals surface area (Å²) in [6.45, 7) is 4.41. The van der Waals surface area contributed by atoms with Gasteiger partial charge < -0.3 is 19.7 Å². The van der Waals surface area contributed by atoms with Gasteiger partial charge in [0.2, 0.25) is 0 Å². The van der Waals surface area contributed by atoms with Crippen molar-refractivity contribution in [2.24, 2.45) is 0 Å². The Morgan fingerprint density at radius 1 is 1.26 bits per heavy atom. The van der Waals surface area contributed by atoms with Crippen LogP contribution in [0.2, 0.25) is 0 Å². The molecular formula is C18H24N6O3. The maximum atomic E-state index is 12.3. The van der Waals surface area contributed by atoms with Gasteiger partial charge in [-0.15, -0.1) is 0 Å². The Kier molecular flexibility index (Phi) is 5.29. The number of amides is 3. The van der Waals surface area contributed by atoms with Gasteiger partial charge in [0.15, 0.2) is 0 Å². The molecule has 1 N–H and O–H groups in total. The Bertz CT molecular complexity index is 914. The van der Waals surface area contributed by atoms with Crippen molar-refractivity contribution in [2.75, 3.05) is 20.6 Å². The third-order valence-corrected chi connectivity index (χ3v) is 4.53. The average Bonchev–Trinajstić information content (AvgIpc) is 3.07. The van der Waals surface area contributed by atoms with Crippen molar-refractivity contribution in [1.29, 1.82) is 0 Å². The number of rotatable bonds is 4. The second kappa shape index (κ2) is 7.65. The van der Waals surface area contributed by atoms with Crippen LogP contribution in [0, 0.1) is 0 Å². The number of pyridine rings is 1. The lowest BCUT2D eigenvalue weighted by molar-refractivity contribution is 0.0950. The SMILES string of the molecule is CCn1ccc(C(=O)NCc2cc3n(n2)CCN(C(=O)N(C)C)C3)cc1=O. The molecule has 2 aromatic heterocycles. The zero-order valence-corrected chi connectivity index (χ0v) is 15.8. The maximum absolute atomic E-state index is 12.3. The molecule has 0 saturated carbocycles. The Hall–Kier alpha value is -3.10. The normalized spacial score (nSPS) is 13.2. The smallest absolute Gasteiger partial charge is 0.319 e. The fourth-order valence-electron chi connectivity index (χ4n) is 3.04. The summed E-state index contributed by atoms with van der Waals surface area (Å²) in [6.07, 6.45) is 1.61. The highest BCUT2D eigenvalue weighted by molar-refractivity contribution is 5.93. The van der Waals surface area contributed by atoms with Crippen molar-refractivity contribution < 1.29 is 9.59 Å². The minimum absolute atomic E-state index is 0.0286. The molecule has 1 aliphatic heterocycles. The molecule has 1 aliphatic rings. The van der Waals surface area contributed by atoms with Crippen LogP contribution in [0.3, 0.4) is 0 Å². The largest absolute Gasteiger partial charge is 0.346 e. The average molecular weight is 372 g/mol. The molecule has 0 aromatic carbocycles. The third kappa shape index (κ3) is 4.02. The van der Waals surface area contributed by atoms with Gasteiger partial charge in [0.1, 0.15) is 0 Å². The van der Waals surface area contributed by atoms with E-state index in [-0.39, 0.29) is 24.0 Å². The van der Waals surface area contributed by atoms with Crippen molar-refractivity contribution in [3.8, 4) is 0 Å². The molecule has 0 unspecified atom stereocenters. The fraction of sp³-hybridized carbons (Fsp3) is 0.444. The quantitative estimate of drug-likeness (QED) is 0.846. The van der Waals surface area contributed by atoms with Crippen molar-refractivity contribution >= 4 is 11.9 Å². The summed E-state index contributed by atoms with van der Waals surface area (Å²) in [5.41, 5.74) is 1.79. The number of nitrogens with one attached hydrogen (secondary N) is 1. The first kappa shape index (κ1) is 18.7. The highest BCUT2D eigenvalue weighted by Crippen LogP contribution is 2.15. The number of aromatic nitrogens is 3. The van der Waals surface area contributed by atoms with Crippen LogP contribution in [-0.4, -0.2) is 56.7 Å². The third-order valence-electron chi connectivity index (χ3n) is 4.53. The lowest BCUT2D eigenvalue weighted by Crippen LogP contribution is -2.43. The second-order valence-corrected chi connectivity index (χ2v) is 6.67. The van der Waals surface area contributed by atoms with Crippen LogP contribution in [0.1, 0.15) is 28.7 Å². The summed E-state index contributed by atoms with van der Waals surface area (Å²) in [5, 5.41) is 7.27. The monoisotopic (exact) mass is 372 g/mol. The molecule has 2 aromatic rings. The molecule has 3 amide bonds. The molecule has 0 spiro atoms. The van der Waals surface area contributed by atoms with Gasteiger partial charge in [-0.1, -0.05) is 0 Å². The zero-order valence-electron chi connectivity index (χ0n) is 15.8. The van der Waals surface area contributed by atoms with Crippen LogP contribution in [-0.2, 0) is 26.2 Å². The summed E-state index contributed by atoms with van der Waals surface area (Å²) in [5.74, 6) is -0.314. The van der Waals surface area contributed by atoms with Crippen molar-refractivity contribution in [3.63, 3.8) is 0 Å². The molecule has 0 aliphatic carbocycles. The van der Waals surface area contributed by atoms with Gasteiger partial charge >= 0.3 is 6.03 Å². The summed E-state index contributed by atoms with van der Waals surface area (Å²) in [7, 11) is 3.46. The van der Waals surface area contributed by atoms with E-state index in [0.717, 1.165) is 11.4 Å². The van der Waals surface area contributed by atoms with Gasteiger partial charge in [0.25, 0.3) is 11.5 Å². The van der Waals surface area contributed by atoms with Crippen molar-refractivity contribution in [3.05, 3.63) is 51.7 Å². The van der Waals surface area contributed by atoms with E-state index in [1.165, 1.54) is 10.6 Å². The van der Waals surface area contributed by atoms with E-state index in [0.29, 0.717) is 31.7 Å². The van der Waals surface area contributed by atoms with Crippen LogP contribution in [0.15, 0.2) is 29.2 Å². The Labute approximate surface area is 157 Å². The first-order valence-electron chi connectivity index (χ1n) is 8.89. The van der Waals surface area contributed by atoms with E-state index in [2.05, 4.69) is 10.4 Å². The molecule has 9 heteroatoms. The number of carbonyl (C=O) groups is 2.